The summed E-state index contributed by atoms with van der Waals surface area (Å²) in [6.07, 6.45) is 2.18. The zero-order chi connectivity index (χ0) is 20.2. The number of aromatic nitrogens is 1. The zero-order valence-corrected chi connectivity index (χ0v) is 17.2. The van der Waals surface area contributed by atoms with Crippen LogP contribution < -0.4 is 10.6 Å². The van der Waals surface area contributed by atoms with Gasteiger partial charge in [-0.05, 0) is 55.8 Å². The predicted molar refractivity (Wildman–Crippen MR) is 117 cm³/mol. The highest BCUT2D eigenvalue weighted by atomic mass is 32.1. The number of amides is 2. The fourth-order valence-corrected chi connectivity index (χ4v) is 4.80. The third-order valence-corrected chi connectivity index (χ3v) is 6.22. The van der Waals surface area contributed by atoms with Crippen LogP contribution in [0.2, 0.25) is 0 Å². The SMILES string of the molecule is CC(=O)Nc1ccc(NC(=O)CN2CCC[C@@H](c3nc4ccccc4s3)C2)cc1. The maximum atomic E-state index is 12.5. The van der Waals surface area contributed by atoms with Crippen molar-refractivity contribution in [2.45, 2.75) is 25.7 Å². The molecule has 1 aliphatic heterocycles. The number of carbonyl (C=O) groups excluding carboxylic acids is 2. The third-order valence-electron chi connectivity index (χ3n) is 5.02. The number of fused-ring (bicyclic) bond motifs is 1. The number of benzene rings is 2. The molecule has 1 atom stereocenters. The van der Waals surface area contributed by atoms with Crippen LogP contribution in [0.15, 0.2) is 48.5 Å². The molecule has 0 spiro atoms. The molecule has 1 aliphatic rings. The average Bonchev–Trinajstić information content (AvgIpc) is 3.14. The summed E-state index contributed by atoms with van der Waals surface area (Å²) >= 11 is 1.76. The molecular weight excluding hydrogens is 384 g/mol. The molecule has 29 heavy (non-hydrogen) atoms. The first-order chi connectivity index (χ1) is 14.1. The third kappa shape index (κ3) is 4.99. The molecule has 2 amide bonds. The van der Waals surface area contributed by atoms with Crippen molar-refractivity contribution in [1.82, 2.24) is 9.88 Å². The molecule has 1 fully saturated rings. The summed E-state index contributed by atoms with van der Waals surface area (Å²) in [7, 11) is 0. The minimum Gasteiger partial charge on any atom is -0.326 e. The largest absolute Gasteiger partial charge is 0.326 e. The molecular formula is C22H24N4O2S. The van der Waals surface area contributed by atoms with E-state index in [-0.39, 0.29) is 11.8 Å². The summed E-state index contributed by atoms with van der Waals surface area (Å²) in [6, 6.07) is 15.4. The number of piperidine rings is 1. The number of hydrogen-bond donors (Lipinski definition) is 2. The second kappa shape index (κ2) is 8.71. The van der Waals surface area contributed by atoms with Crippen LogP contribution in [0.3, 0.4) is 0 Å². The van der Waals surface area contributed by atoms with Gasteiger partial charge in [0, 0.05) is 30.8 Å². The lowest BCUT2D eigenvalue weighted by molar-refractivity contribution is -0.117. The van der Waals surface area contributed by atoms with Gasteiger partial charge in [0.25, 0.3) is 0 Å². The number of nitrogens with one attached hydrogen (secondary N) is 2. The van der Waals surface area contributed by atoms with Gasteiger partial charge in [0.1, 0.15) is 0 Å². The molecule has 1 saturated heterocycles. The summed E-state index contributed by atoms with van der Waals surface area (Å²) in [4.78, 5) is 30.6. The fraction of sp³-hybridized carbons (Fsp3) is 0.318. The van der Waals surface area contributed by atoms with E-state index >= 15 is 0 Å². The van der Waals surface area contributed by atoms with Gasteiger partial charge in [-0.2, -0.15) is 0 Å². The molecule has 0 unspecified atom stereocenters. The number of likely N-dealkylation sites (tertiary alicyclic amines) is 1. The van der Waals surface area contributed by atoms with E-state index in [4.69, 9.17) is 4.98 Å². The van der Waals surface area contributed by atoms with Crippen LogP contribution in [0.5, 0.6) is 0 Å². The molecule has 2 aromatic carbocycles. The quantitative estimate of drug-likeness (QED) is 0.667. The van der Waals surface area contributed by atoms with Crippen LogP contribution in [0.25, 0.3) is 10.2 Å². The van der Waals surface area contributed by atoms with Crippen molar-refractivity contribution in [1.29, 1.82) is 0 Å². The number of carbonyl (C=O) groups is 2. The van der Waals surface area contributed by atoms with Crippen LogP contribution >= 0.6 is 11.3 Å². The van der Waals surface area contributed by atoms with E-state index in [2.05, 4.69) is 27.7 Å². The van der Waals surface area contributed by atoms with Gasteiger partial charge in [-0.25, -0.2) is 4.98 Å². The summed E-state index contributed by atoms with van der Waals surface area (Å²) in [6.45, 7) is 3.62. The Morgan fingerprint density at radius 1 is 1.10 bits per heavy atom. The van der Waals surface area contributed by atoms with Gasteiger partial charge in [0.2, 0.25) is 11.8 Å². The van der Waals surface area contributed by atoms with E-state index in [1.54, 1.807) is 35.6 Å². The Morgan fingerprint density at radius 2 is 1.83 bits per heavy atom. The van der Waals surface area contributed by atoms with E-state index < -0.39 is 0 Å². The van der Waals surface area contributed by atoms with Crippen molar-refractivity contribution >= 4 is 44.7 Å². The number of thiazole rings is 1. The average molecular weight is 409 g/mol. The van der Waals surface area contributed by atoms with Gasteiger partial charge in [-0.3, -0.25) is 14.5 Å². The van der Waals surface area contributed by atoms with Crippen molar-refractivity contribution in [3.05, 3.63) is 53.5 Å². The summed E-state index contributed by atoms with van der Waals surface area (Å²) in [5.41, 5.74) is 2.50. The molecule has 0 aliphatic carbocycles. The van der Waals surface area contributed by atoms with E-state index in [1.807, 2.05) is 12.1 Å². The minimum absolute atomic E-state index is 0.0257. The normalized spacial score (nSPS) is 17.2. The minimum atomic E-state index is -0.116. The molecule has 0 bridgehead atoms. The Balaban J connectivity index is 1.34. The molecule has 150 valence electrons. The summed E-state index contributed by atoms with van der Waals surface area (Å²) in [5.74, 6) is 0.239. The second-order valence-electron chi connectivity index (χ2n) is 7.40. The van der Waals surface area contributed by atoms with Gasteiger partial charge in [0.05, 0.1) is 21.8 Å². The van der Waals surface area contributed by atoms with Gasteiger partial charge < -0.3 is 10.6 Å². The molecule has 0 saturated carbocycles. The van der Waals surface area contributed by atoms with Crippen LogP contribution in [-0.4, -0.2) is 41.3 Å². The fourth-order valence-electron chi connectivity index (χ4n) is 3.71. The number of anilines is 2. The Hall–Kier alpha value is -2.77. The van der Waals surface area contributed by atoms with Crippen molar-refractivity contribution in [2.24, 2.45) is 0 Å². The highest BCUT2D eigenvalue weighted by molar-refractivity contribution is 7.18. The van der Waals surface area contributed by atoms with E-state index in [1.165, 1.54) is 16.6 Å². The molecule has 7 heteroatoms. The van der Waals surface area contributed by atoms with Crippen molar-refractivity contribution in [3.63, 3.8) is 0 Å². The molecule has 4 rings (SSSR count). The molecule has 6 nitrogen and oxygen atoms in total. The summed E-state index contributed by atoms with van der Waals surface area (Å²) < 4.78 is 1.22. The first kappa shape index (κ1) is 19.5. The van der Waals surface area contributed by atoms with Crippen LogP contribution in [0.4, 0.5) is 11.4 Å². The Morgan fingerprint density at radius 3 is 2.55 bits per heavy atom. The van der Waals surface area contributed by atoms with E-state index in [0.717, 1.165) is 37.1 Å². The highest BCUT2D eigenvalue weighted by Crippen LogP contribution is 2.32. The lowest BCUT2D eigenvalue weighted by atomic mass is 9.99. The predicted octanol–water partition coefficient (Wildman–Crippen LogP) is 4.07. The lowest BCUT2D eigenvalue weighted by Gasteiger charge is -2.31. The maximum Gasteiger partial charge on any atom is 0.238 e. The monoisotopic (exact) mass is 408 g/mol. The lowest BCUT2D eigenvalue weighted by Crippen LogP contribution is -2.39. The van der Waals surface area contributed by atoms with Gasteiger partial charge in [0.15, 0.2) is 0 Å². The Labute approximate surface area is 173 Å². The number of para-hydroxylation sites is 1. The smallest absolute Gasteiger partial charge is 0.238 e. The van der Waals surface area contributed by atoms with E-state index in [9.17, 15) is 9.59 Å². The second-order valence-corrected chi connectivity index (χ2v) is 8.46. The van der Waals surface area contributed by atoms with Crippen molar-refractivity contribution in [2.75, 3.05) is 30.3 Å². The topological polar surface area (TPSA) is 74.3 Å². The van der Waals surface area contributed by atoms with Gasteiger partial charge in [-0.15, -0.1) is 11.3 Å². The molecule has 3 aromatic rings. The first-order valence-corrected chi connectivity index (χ1v) is 10.6. The summed E-state index contributed by atoms with van der Waals surface area (Å²) in [5, 5.41) is 6.83. The molecule has 1 aromatic heterocycles. The maximum absolute atomic E-state index is 12.5. The van der Waals surface area contributed by atoms with Gasteiger partial charge >= 0.3 is 0 Å². The Bertz CT molecular complexity index is 982. The number of nitrogens with zero attached hydrogens (tertiary/aromatic N) is 2. The van der Waals surface area contributed by atoms with Crippen LogP contribution in [0, 0.1) is 0 Å². The standard InChI is InChI=1S/C22H24N4O2S/c1-15(27)23-17-8-10-18(11-9-17)24-21(28)14-26-12-4-5-16(13-26)22-25-19-6-2-3-7-20(19)29-22/h2-3,6-11,16H,4-5,12-14H2,1H3,(H,23,27)(H,24,28)/t16-/m1/s1. The first-order valence-electron chi connectivity index (χ1n) is 9.82. The van der Waals surface area contributed by atoms with Crippen LogP contribution in [-0.2, 0) is 9.59 Å². The van der Waals surface area contributed by atoms with Crippen molar-refractivity contribution in [3.8, 4) is 0 Å². The Kier molecular flexibility index (Phi) is 5.87. The zero-order valence-electron chi connectivity index (χ0n) is 16.4. The highest BCUT2D eigenvalue weighted by Gasteiger charge is 2.25. The van der Waals surface area contributed by atoms with E-state index in [0.29, 0.717) is 18.2 Å². The van der Waals surface area contributed by atoms with Gasteiger partial charge in [-0.1, -0.05) is 12.1 Å². The van der Waals surface area contributed by atoms with Crippen LogP contribution in [0.1, 0.15) is 30.7 Å². The molecule has 2 N–H and O–H groups in total. The number of hydrogen-bond acceptors (Lipinski definition) is 5. The number of rotatable bonds is 5. The molecule has 2 heterocycles. The van der Waals surface area contributed by atoms with Crippen molar-refractivity contribution < 1.29 is 9.59 Å². The molecule has 0 radical (unpaired) electrons.